The minimum atomic E-state index is 0.275. The van der Waals surface area contributed by atoms with E-state index in [0.29, 0.717) is 34.8 Å². The summed E-state index contributed by atoms with van der Waals surface area (Å²) in [5.41, 5.74) is 15.1. The van der Waals surface area contributed by atoms with Crippen molar-refractivity contribution in [1.82, 2.24) is 4.90 Å². The highest BCUT2D eigenvalue weighted by Crippen LogP contribution is 2.50. The average molecular weight is 882 g/mol. The van der Waals surface area contributed by atoms with Crippen LogP contribution in [0.15, 0.2) is 184 Å². The molecule has 65 heavy (non-hydrogen) atoms. The van der Waals surface area contributed by atoms with E-state index in [2.05, 4.69) is 186 Å². The van der Waals surface area contributed by atoms with E-state index in [4.69, 9.17) is 0 Å². The molecule has 0 fully saturated rings. The average Bonchev–Trinajstić information content (AvgIpc) is 3.96. The molecular weight excluding hydrogens is 823 g/mol. The van der Waals surface area contributed by atoms with Crippen molar-refractivity contribution in [3.8, 4) is 0 Å². The third kappa shape index (κ3) is 7.19. The number of thioether (sulfide) groups is 1. The Morgan fingerprint density at radius 3 is 2.32 bits per heavy atom. The molecule has 0 spiro atoms. The van der Waals surface area contributed by atoms with Crippen LogP contribution in [0, 0.1) is 29.6 Å². The summed E-state index contributed by atoms with van der Waals surface area (Å²) in [7, 11) is 0. The van der Waals surface area contributed by atoms with Crippen LogP contribution in [0.3, 0.4) is 0 Å². The Hall–Kier alpha value is -5.09. The fraction of sp³-hybridized carbons (Fsp3) is 0.323. The van der Waals surface area contributed by atoms with E-state index in [9.17, 15) is 0 Å². The lowest BCUT2D eigenvalue weighted by atomic mass is 9.71. The van der Waals surface area contributed by atoms with Crippen molar-refractivity contribution in [3.05, 3.63) is 215 Å². The lowest BCUT2D eigenvalue weighted by Crippen LogP contribution is -2.40. The minimum absolute atomic E-state index is 0.275. The van der Waals surface area contributed by atoms with E-state index in [1.54, 1.807) is 11.1 Å². The summed E-state index contributed by atoms with van der Waals surface area (Å²) < 4.78 is 1.52. The molecular formula is C62H59NS2. The smallest absolute Gasteiger partial charge is 0.0557 e. The summed E-state index contributed by atoms with van der Waals surface area (Å²) in [5.74, 6) is 2.44. The molecule has 7 atom stereocenters. The zero-order chi connectivity index (χ0) is 42.8. The molecule has 1 aromatic heterocycles. The highest BCUT2D eigenvalue weighted by molar-refractivity contribution is 8.04. The van der Waals surface area contributed by atoms with Crippen LogP contribution in [0.1, 0.15) is 87.5 Å². The van der Waals surface area contributed by atoms with Crippen molar-refractivity contribution < 1.29 is 0 Å². The molecule has 2 aromatic rings. The number of hydrogen-bond acceptors (Lipinski definition) is 3. The number of thiophene rings is 1. The summed E-state index contributed by atoms with van der Waals surface area (Å²) in [5, 5.41) is 4.95. The summed E-state index contributed by atoms with van der Waals surface area (Å²) >= 11 is 4.16. The molecule has 3 heteroatoms. The maximum Gasteiger partial charge on any atom is 0.0557 e. The van der Waals surface area contributed by atoms with Crippen LogP contribution in [-0.2, 0) is 6.42 Å². The summed E-state index contributed by atoms with van der Waals surface area (Å²) in [6.07, 6.45) is 69.7. The van der Waals surface area contributed by atoms with Gasteiger partial charge in [-0.25, -0.2) is 0 Å². The van der Waals surface area contributed by atoms with Gasteiger partial charge in [-0.2, -0.15) is 0 Å². The highest BCUT2D eigenvalue weighted by Gasteiger charge is 2.36. The Balaban J connectivity index is 0.807. The number of rotatable bonds is 7. The van der Waals surface area contributed by atoms with Crippen LogP contribution in [0.25, 0.3) is 29.0 Å². The van der Waals surface area contributed by atoms with Crippen molar-refractivity contribution in [2.24, 2.45) is 29.6 Å². The van der Waals surface area contributed by atoms with Crippen LogP contribution in [0.2, 0.25) is 0 Å². The van der Waals surface area contributed by atoms with Crippen molar-refractivity contribution in [2.45, 2.75) is 94.8 Å². The first-order valence-electron chi connectivity index (χ1n) is 25.0. The quantitative estimate of drug-likeness (QED) is 0.273. The maximum atomic E-state index is 2.80. The van der Waals surface area contributed by atoms with Crippen molar-refractivity contribution in [1.29, 1.82) is 0 Å². The van der Waals surface area contributed by atoms with Gasteiger partial charge in [0.05, 0.1) is 10.6 Å². The lowest BCUT2D eigenvalue weighted by Gasteiger charge is -2.39. The summed E-state index contributed by atoms with van der Waals surface area (Å²) in [6.45, 7) is 0. The van der Waals surface area contributed by atoms with Crippen LogP contribution >= 0.6 is 23.1 Å². The Labute approximate surface area is 394 Å². The minimum Gasteiger partial charge on any atom is -0.337 e. The monoisotopic (exact) mass is 881 g/mol. The molecule has 0 amide bonds. The normalized spacial score (nSPS) is 30.3. The zero-order valence-corrected chi connectivity index (χ0v) is 39.1. The van der Waals surface area contributed by atoms with Gasteiger partial charge in [-0.15, -0.1) is 23.1 Å². The van der Waals surface area contributed by atoms with Gasteiger partial charge in [-0.1, -0.05) is 152 Å². The van der Waals surface area contributed by atoms with Gasteiger partial charge in [0.1, 0.15) is 0 Å². The molecule has 10 aliphatic carbocycles. The third-order valence-electron chi connectivity index (χ3n) is 16.2. The topological polar surface area (TPSA) is 3.24 Å². The van der Waals surface area contributed by atoms with Gasteiger partial charge in [-0.3, -0.25) is 0 Å². The van der Waals surface area contributed by atoms with E-state index in [0.717, 1.165) is 57.8 Å². The third-order valence-corrected chi connectivity index (χ3v) is 18.9. The number of hydrogen-bond donors (Lipinski definition) is 0. The molecule has 0 radical (unpaired) electrons. The second-order valence-corrected chi connectivity index (χ2v) is 22.1. The molecule has 11 aliphatic rings. The molecule has 7 unspecified atom stereocenters. The molecule has 1 aromatic carbocycles. The fourth-order valence-electron chi connectivity index (χ4n) is 13.0. The van der Waals surface area contributed by atoms with Gasteiger partial charge >= 0.3 is 0 Å². The highest BCUT2D eigenvalue weighted by atomic mass is 32.2. The molecule has 1 aliphatic heterocycles. The summed E-state index contributed by atoms with van der Waals surface area (Å²) in [4.78, 5) is 5.86. The van der Waals surface area contributed by atoms with Crippen molar-refractivity contribution in [3.63, 3.8) is 0 Å². The predicted molar refractivity (Wildman–Crippen MR) is 278 cm³/mol. The van der Waals surface area contributed by atoms with E-state index in [1.165, 1.54) is 100 Å². The number of nitrogens with zero attached hydrogens (tertiary/aromatic N) is 1. The molecule has 2 heterocycles. The molecule has 1 nitrogen and oxygen atoms in total. The first kappa shape index (κ1) is 40.2. The van der Waals surface area contributed by atoms with E-state index in [1.807, 2.05) is 0 Å². The first-order chi connectivity index (χ1) is 32.2. The van der Waals surface area contributed by atoms with Crippen LogP contribution in [0.4, 0.5) is 0 Å². The van der Waals surface area contributed by atoms with Crippen molar-refractivity contribution >= 4 is 52.1 Å². The second kappa shape index (κ2) is 17.0. The lowest BCUT2D eigenvalue weighted by molar-refractivity contribution is 0.401. The van der Waals surface area contributed by atoms with Gasteiger partial charge in [0, 0.05) is 50.1 Å². The zero-order valence-electron chi connectivity index (χ0n) is 37.5. The van der Waals surface area contributed by atoms with Gasteiger partial charge in [0.25, 0.3) is 0 Å². The molecule has 0 saturated heterocycles. The Bertz CT molecular complexity index is 3090. The van der Waals surface area contributed by atoms with E-state index < -0.39 is 0 Å². The Kier molecular flexibility index (Phi) is 10.5. The van der Waals surface area contributed by atoms with Gasteiger partial charge in [0.2, 0.25) is 0 Å². The van der Waals surface area contributed by atoms with Crippen LogP contribution < -0.4 is 20.2 Å². The van der Waals surface area contributed by atoms with E-state index >= 15 is 0 Å². The molecule has 0 bridgehead atoms. The SMILES string of the molecule is C1=CC(C2=CCCc3c2sc2c3=CCCC=2N(C2=CCC(C3=CCC(C4=CC5C6=C(C=CCC6)SC5C=C4)C=C3)C=C2)C2C=CC(C3C=c4ccccc4=C4C=CCCC43)=CC2)=CCC1. The Morgan fingerprint density at radius 1 is 0.600 bits per heavy atom. The number of fused-ring (bicyclic) bond motifs is 7. The molecule has 0 saturated carbocycles. The first-order valence-corrected chi connectivity index (χ1v) is 26.7. The van der Waals surface area contributed by atoms with Crippen LogP contribution in [-0.4, -0.2) is 16.2 Å². The molecule has 13 rings (SSSR count). The summed E-state index contributed by atoms with van der Waals surface area (Å²) in [6, 6.07) is 9.35. The maximum absolute atomic E-state index is 2.80. The fourth-order valence-corrected chi connectivity index (χ4v) is 15.8. The Morgan fingerprint density at radius 2 is 1.45 bits per heavy atom. The van der Waals surface area contributed by atoms with E-state index in [-0.39, 0.29) is 6.04 Å². The predicted octanol–water partition coefficient (Wildman–Crippen LogP) is 12.6. The molecule has 324 valence electrons. The van der Waals surface area contributed by atoms with Crippen LogP contribution in [0.5, 0.6) is 0 Å². The number of benzene rings is 1. The number of allylic oxidation sites excluding steroid dienone is 23. The van der Waals surface area contributed by atoms with Crippen molar-refractivity contribution in [2.75, 3.05) is 0 Å². The van der Waals surface area contributed by atoms with Gasteiger partial charge < -0.3 is 4.90 Å². The van der Waals surface area contributed by atoms with Gasteiger partial charge in [0.15, 0.2) is 0 Å². The molecule has 0 N–H and O–H groups in total. The van der Waals surface area contributed by atoms with Gasteiger partial charge in [-0.05, 0) is 156 Å². The largest absolute Gasteiger partial charge is 0.337 e. The standard InChI is InChI=1S/C62H59NS2/c1-2-12-43(13-3-1)50-19-10-20-54-55-21-11-22-58(62(55)65-61(50)54)63(48-35-30-44(31-36-48)56-39-46-14-4-5-15-49(46)51-16-6-7-17-52(51)56)47-33-28-41(29-34-47)40-24-26-42(27-25-40)45-32-37-60-57(38-45)53-18-8-9-23-59(53)64-60/h2,4-6,9,12-16,19,21,23-26,28,30-35,37-39,41-42,48,52,56-57,60H,1,3,7-8,10-11,17-18,20,22,27,29,36H2. The second-order valence-electron chi connectivity index (χ2n) is 19.9.